The highest BCUT2D eigenvalue weighted by atomic mass is 32.1. The zero-order chi connectivity index (χ0) is 20.8. The fourth-order valence-corrected chi connectivity index (χ4v) is 6.55. The number of aromatic nitrogens is 1. The first-order valence-corrected chi connectivity index (χ1v) is 11.4. The molecule has 2 heterocycles. The van der Waals surface area contributed by atoms with Crippen LogP contribution in [0.3, 0.4) is 0 Å². The minimum Gasteiger partial charge on any atom is -0.481 e. The first kappa shape index (κ1) is 20.4. The first-order valence-electron chi connectivity index (χ1n) is 9.74. The molecule has 0 saturated heterocycles. The number of alkyl halides is 2. The highest BCUT2D eigenvalue weighted by Crippen LogP contribution is 2.48. The van der Waals surface area contributed by atoms with Gasteiger partial charge < -0.3 is 10.4 Å². The maximum atomic E-state index is 14.0. The first-order chi connectivity index (χ1) is 13.7. The predicted octanol–water partition coefficient (Wildman–Crippen LogP) is 5.13. The lowest BCUT2D eigenvalue weighted by Crippen LogP contribution is -2.35. The van der Waals surface area contributed by atoms with Gasteiger partial charge in [-0.3, -0.25) is 9.59 Å². The molecular formula is C20H22F2N2O3S2. The number of carbonyl (C=O) groups excluding carboxylic acids is 1. The Balaban J connectivity index is 1.69. The molecule has 2 aromatic rings. The summed E-state index contributed by atoms with van der Waals surface area (Å²) in [6.45, 7) is 1.87. The van der Waals surface area contributed by atoms with E-state index in [0.29, 0.717) is 27.7 Å². The van der Waals surface area contributed by atoms with Crippen LogP contribution in [0.4, 0.5) is 13.8 Å². The summed E-state index contributed by atoms with van der Waals surface area (Å²) < 4.78 is 27.9. The van der Waals surface area contributed by atoms with E-state index in [1.54, 1.807) is 0 Å². The van der Waals surface area contributed by atoms with Crippen LogP contribution in [0.25, 0.3) is 10.6 Å². The van der Waals surface area contributed by atoms with Crippen molar-refractivity contribution in [3.8, 4) is 10.6 Å². The van der Waals surface area contributed by atoms with E-state index in [9.17, 15) is 23.5 Å². The van der Waals surface area contributed by atoms with E-state index in [4.69, 9.17) is 0 Å². The number of thiophene rings is 1. The summed E-state index contributed by atoms with van der Waals surface area (Å²) in [5.74, 6) is -5.34. The molecular weight excluding hydrogens is 418 g/mol. The van der Waals surface area contributed by atoms with Crippen LogP contribution >= 0.6 is 22.7 Å². The molecule has 4 rings (SSSR count). The van der Waals surface area contributed by atoms with Gasteiger partial charge in [0.1, 0.15) is 10.0 Å². The smallest absolute Gasteiger partial charge is 0.307 e. The third-order valence-electron chi connectivity index (χ3n) is 5.74. The number of rotatable bonds is 4. The van der Waals surface area contributed by atoms with Crippen LogP contribution in [0.1, 0.15) is 48.2 Å². The number of anilines is 1. The zero-order valence-electron chi connectivity index (χ0n) is 16.0. The number of aliphatic carboxylic acids is 1. The van der Waals surface area contributed by atoms with Gasteiger partial charge in [-0.25, -0.2) is 13.8 Å². The third-order valence-corrected chi connectivity index (χ3v) is 7.87. The van der Waals surface area contributed by atoms with E-state index in [2.05, 4.69) is 10.3 Å². The minimum atomic E-state index is -2.74. The van der Waals surface area contributed by atoms with Crippen LogP contribution in [0.5, 0.6) is 0 Å². The molecule has 5 nitrogen and oxygen atoms in total. The Morgan fingerprint density at radius 1 is 1.28 bits per heavy atom. The van der Waals surface area contributed by atoms with Gasteiger partial charge in [0, 0.05) is 34.4 Å². The molecule has 0 aromatic carbocycles. The van der Waals surface area contributed by atoms with Gasteiger partial charge in [-0.15, -0.1) is 22.7 Å². The van der Waals surface area contributed by atoms with Crippen molar-refractivity contribution in [2.45, 2.75) is 57.8 Å². The number of hydrogen-bond acceptors (Lipinski definition) is 5. The molecule has 0 aliphatic heterocycles. The van der Waals surface area contributed by atoms with Gasteiger partial charge in [0.25, 0.3) is 5.92 Å². The van der Waals surface area contributed by atoms with Gasteiger partial charge in [-0.05, 0) is 31.7 Å². The normalized spacial score (nSPS) is 23.4. The summed E-state index contributed by atoms with van der Waals surface area (Å²) in [5.41, 5.74) is 2.40. The van der Waals surface area contributed by atoms with Crippen molar-refractivity contribution in [2.24, 2.45) is 11.8 Å². The number of carboxylic acid groups (broad SMARTS) is 1. The Kier molecular flexibility index (Phi) is 5.46. The summed E-state index contributed by atoms with van der Waals surface area (Å²) in [4.78, 5) is 29.6. The van der Waals surface area contributed by atoms with Crippen LogP contribution in [0.15, 0.2) is 5.38 Å². The van der Waals surface area contributed by atoms with Crippen molar-refractivity contribution >= 4 is 39.6 Å². The maximum Gasteiger partial charge on any atom is 0.307 e. The molecule has 2 unspecified atom stereocenters. The Bertz CT molecular complexity index is 954. The molecule has 0 bridgehead atoms. The number of carbonyl (C=O) groups is 2. The van der Waals surface area contributed by atoms with E-state index < -0.39 is 23.7 Å². The number of amides is 1. The molecule has 2 aliphatic rings. The number of nitrogens with one attached hydrogen (secondary N) is 1. The van der Waals surface area contributed by atoms with Crippen molar-refractivity contribution < 1.29 is 23.5 Å². The topological polar surface area (TPSA) is 79.3 Å². The monoisotopic (exact) mass is 440 g/mol. The van der Waals surface area contributed by atoms with Crippen molar-refractivity contribution in [3.05, 3.63) is 21.5 Å². The lowest BCUT2D eigenvalue weighted by atomic mass is 9.78. The van der Waals surface area contributed by atoms with E-state index in [0.717, 1.165) is 29.7 Å². The number of hydrogen-bond donors (Lipinski definition) is 2. The number of carboxylic acids is 1. The molecule has 0 radical (unpaired) electrons. The summed E-state index contributed by atoms with van der Waals surface area (Å²) >= 11 is 2.60. The van der Waals surface area contributed by atoms with Gasteiger partial charge in [0.15, 0.2) is 0 Å². The standard InChI is InChI=1S/C20H22F2N2O3S2/c1-10-9-28-17(23-10)15-13-6-7-20(21,22)8-14(13)29-18(15)24-16(25)11-4-2-3-5-12(11)19(26)27/h9,11-12H,2-8H2,1H3,(H,24,25)(H,26,27). The average Bonchev–Trinajstić information content (AvgIpc) is 3.23. The largest absolute Gasteiger partial charge is 0.481 e. The van der Waals surface area contributed by atoms with Crippen LogP contribution in [-0.4, -0.2) is 27.9 Å². The Hall–Kier alpha value is -1.87. The summed E-state index contributed by atoms with van der Waals surface area (Å²) in [6, 6.07) is 0. The Morgan fingerprint density at radius 2 is 2.00 bits per heavy atom. The fourth-order valence-electron chi connectivity index (χ4n) is 4.28. The van der Waals surface area contributed by atoms with Gasteiger partial charge in [-0.2, -0.15) is 0 Å². The second-order valence-electron chi connectivity index (χ2n) is 7.86. The molecule has 1 fully saturated rings. The highest BCUT2D eigenvalue weighted by molar-refractivity contribution is 7.18. The van der Waals surface area contributed by atoms with Crippen molar-refractivity contribution in [2.75, 3.05) is 5.32 Å². The summed E-state index contributed by atoms with van der Waals surface area (Å²) in [7, 11) is 0. The Morgan fingerprint density at radius 3 is 2.66 bits per heavy atom. The molecule has 1 saturated carbocycles. The zero-order valence-corrected chi connectivity index (χ0v) is 17.6. The second kappa shape index (κ2) is 7.75. The van der Waals surface area contributed by atoms with Crippen molar-refractivity contribution in [1.29, 1.82) is 0 Å². The molecule has 2 aromatic heterocycles. The predicted molar refractivity (Wildman–Crippen MR) is 109 cm³/mol. The molecule has 9 heteroatoms. The lowest BCUT2D eigenvalue weighted by Gasteiger charge is -2.27. The highest BCUT2D eigenvalue weighted by Gasteiger charge is 2.40. The van der Waals surface area contributed by atoms with Crippen LogP contribution < -0.4 is 5.32 Å². The number of nitrogens with zero attached hydrogens (tertiary/aromatic N) is 1. The summed E-state index contributed by atoms with van der Waals surface area (Å²) in [6.07, 6.45) is 2.31. The minimum absolute atomic E-state index is 0.217. The van der Waals surface area contributed by atoms with E-state index in [1.807, 2.05) is 12.3 Å². The van der Waals surface area contributed by atoms with E-state index >= 15 is 0 Å². The van der Waals surface area contributed by atoms with Crippen molar-refractivity contribution in [1.82, 2.24) is 4.98 Å². The number of aryl methyl sites for hydroxylation is 1. The second-order valence-corrected chi connectivity index (χ2v) is 9.82. The van der Waals surface area contributed by atoms with E-state index in [1.165, 1.54) is 22.7 Å². The number of thiazole rings is 1. The molecule has 2 atom stereocenters. The Labute approximate surface area is 175 Å². The van der Waals surface area contributed by atoms with Gasteiger partial charge in [0.05, 0.1) is 11.8 Å². The SMILES string of the molecule is Cc1csc(-c2c(NC(=O)C3CCCCC3C(=O)O)sc3c2CCC(F)(F)C3)n1. The molecule has 2 N–H and O–H groups in total. The van der Waals surface area contributed by atoms with E-state index in [-0.39, 0.29) is 25.2 Å². The van der Waals surface area contributed by atoms with Gasteiger partial charge in [0.2, 0.25) is 5.91 Å². The van der Waals surface area contributed by atoms with Gasteiger partial charge in [-0.1, -0.05) is 12.8 Å². The molecule has 156 valence electrons. The molecule has 2 aliphatic carbocycles. The lowest BCUT2D eigenvalue weighted by molar-refractivity contribution is -0.147. The fraction of sp³-hybridized carbons (Fsp3) is 0.550. The van der Waals surface area contributed by atoms with Crippen molar-refractivity contribution in [3.63, 3.8) is 0 Å². The molecule has 29 heavy (non-hydrogen) atoms. The van der Waals surface area contributed by atoms with Crippen LogP contribution in [-0.2, 0) is 22.4 Å². The third kappa shape index (κ3) is 4.07. The number of fused-ring (bicyclic) bond motifs is 1. The van der Waals surface area contributed by atoms with Crippen LogP contribution in [0, 0.1) is 18.8 Å². The van der Waals surface area contributed by atoms with Gasteiger partial charge >= 0.3 is 5.97 Å². The molecule has 1 amide bonds. The quantitative estimate of drug-likeness (QED) is 0.691. The average molecular weight is 441 g/mol. The maximum absolute atomic E-state index is 14.0. The number of halogens is 2. The van der Waals surface area contributed by atoms with Crippen LogP contribution in [0.2, 0.25) is 0 Å². The summed E-state index contributed by atoms with van der Waals surface area (Å²) in [5, 5.41) is 15.5. The molecule has 0 spiro atoms.